The molecule has 0 amide bonds. The van der Waals surface area contributed by atoms with Crippen LogP contribution >= 0.6 is 11.8 Å². The topological polar surface area (TPSA) is 64.9 Å². The predicted molar refractivity (Wildman–Crippen MR) is 97.9 cm³/mol. The molecule has 1 atom stereocenters. The zero-order chi connectivity index (χ0) is 17.5. The highest BCUT2D eigenvalue weighted by molar-refractivity contribution is 7.98. The third kappa shape index (κ3) is 4.90. The van der Waals surface area contributed by atoms with Gasteiger partial charge in [0.25, 0.3) is 0 Å². The second kappa shape index (κ2) is 8.78. The van der Waals surface area contributed by atoms with E-state index in [1.54, 1.807) is 17.8 Å². The lowest BCUT2D eigenvalue weighted by Gasteiger charge is -2.13. The molecule has 0 saturated heterocycles. The summed E-state index contributed by atoms with van der Waals surface area (Å²) < 4.78 is 19.2. The van der Waals surface area contributed by atoms with Crippen LogP contribution in [0.25, 0.3) is 0 Å². The minimum Gasteiger partial charge on any atom is -0.339 e. The monoisotopic (exact) mass is 357 g/mol. The third-order valence-electron chi connectivity index (χ3n) is 3.81. The Morgan fingerprint density at radius 3 is 2.72 bits per heavy atom. The van der Waals surface area contributed by atoms with Gasteiger partial charge < -0.3 is 10.3 Å². The lowest BCUT2D eigenvalue weighted by atomic mass is 9.92. The summed E-state index contributed by atoms with van der Waals surface area (Å²) in [7, 11) is 0. The maximum Gasteiger partial charge on any atom is 0.234 e. The lowest BCUT2D eigenvalue weighted by Crippen LogP contribution is -2.06. The van der Waals surface area contributed by atoms with Crippen molar-refractivity contribution in [3.05, 3.63) is 83.3 Å². The van der Waals surface area contributed by atoms with Crippen LogP contribution < -0.4 is 5.73 Å². The van der Waals surface area contributed by atoms with E-state index in [0.717, 1.165) is 16.9 Å². The zero-order valence-corrected chi connectivity index (χ0v) is 14.6. The number of hydrogen-bond donors (Lipinski definition) is 1. The van der Waals surface area contributed by atoms with E-state index in [9.17, 15) is 4.39 Å². The summed E-state index contributed by atoms with van der Waals surface area (Å²) in [6.07, 6.45) is 0.669. The van der Waals surface area contributed by atoms with E-state index < -0.39 is 0 Å². The molecule has 0 fully saturated rings. The van der Waals surface area contributed by atoms with Crippen molar-refractivity contribution in [2.24, 2.45) is 5.73 Å². The minimum absolute atomic E-state index is 0.182. The minimum atomic E-state index is -0.270. The number of halogens is 1. The van der Waals surface area contributed by atoms with E-state index in [4.69, 9.17) is 10.3 Å². The van der Waals surface area contributed by atoms with Gasteiger partial charge in [-0.15, -0.1) is 0 Å². The van der Waals surface area contributed by atoms with Gasteiger partial charge in [-0.3, -0.25) is 0 Å². The highest BCUT2D eigenvalue weighted by Gasteiger charge is 2.22. The molecule has 0 spiro atoms. The average Bonchev–Trinajstić information content (AvgIpc) is 3.09. The fourth-order valence-electron chi connectivity index (χ4n) is 2.64. The Kier molecular flexibility index (Phi) is 6.19. The molecule has 0 radical (unpaired) electrons. The van der Waals surface area contributed by atoms with Crippen molar-refractivity contribution in [2.45, 2.75) is 18.1 Å². The quantitative estimate of drug-likeness (QED) is 0.622. The van der Waals surface area contributed by atoms with Crippen molar-refractivity contribution in [1.82, 2.24) is 10.1 Å². The van der Waals surface area contributed by atoms with Crippen molar-refractivity contribution >= 4 is 11.8 Å². The first kappa shape index (κ1) is 17.6. The summed E-state index contributed by atoms with van der Waals surface area (Å²) in [5, 5.41) is 4.06. The van der Waals surface area contributed by atoms with E-state index in [-0.39, 0.29) is 11.7 Å². The molecule has 25 heavy (non-hydrogen) atoms. The van der Waals surface area contributed by atoms with Gasteiger partial charge in [-0.1, -0.05) is 47.6 Å². The third-order valence-corrected chi connectivity index (χ3v) is 4.80. The van der Waals surface area contributed by atoms with Crippen molar-refractivity contribution in [3.63, 3.8) is 0 Å². The molecule has 4 nitrogen and oxygen atoms in total. The Bertz CT molecular complexity index is 794. The van der Waals surface area contributed by atoms with Gasteiger partial charge in [-0.05, 0) is 29.7 Å². The fraction of sp³-hybridized carbons (Fsp3) is 0.263. The van der Waals surface area contributed by atoms with Crippen LogP contribution in [0.3, 0.4) is 0 Å². The Morgan fingerprint density at radius 1 is 1.12 bits per heavy atom. The van der Waals surface area contributed by atoms with Gasteiger partial charge in [0.15, 0.2) is 5.82 Å². The number of benzene rings is 2. The highest BCUT2D eigenvalue weighted by Crippen LogP contribution is 2.28. The summed E-state index contributed by atoms with van der Waals surface area (Å²) in [6.45, 7) is 0.620. The molecule has 6 heteroatoms. The van der Waals surface area contributed by atoms with Gasteiger partial charge in [0.1, 0.15) is 5.82 Å². The second-order valence-corrected chi connectivity index (χ2v) is 6.79. The van der Waals surface area contributed by atoms with E-state index in [1.807, 2.05) is 36.4 Å². The molecule has 2 aromatic carbocycles. The number of thioether (sulfide) groups is 1. The van der Waals surface area contributed by atoms with E-state index in [2.05, 4.69) is 10.1 Å². The maximum atomic E-state index is 13.7. The molecule has 1 aromatic heterocycles. The number of hydrogen-bond acceptors (Lipinski definition) is 5. The standard InChI is InChI=1S/C19H20FN3OS/c20-16-8-4-7-15(12-16)17(11-14-5-2-1-3-6-14)19-22-18(23-24-19)13-25-10-9-21/h1-8,12,17H,9-11,13,21H2. The number of nitrogens with zero attached hydrogens (tertiary/aromatic N) is 2. The van der Waals surface area contributed by atoms with Crippen molar-refractivity contribution < 1.29 is 8.91 Å². The van der Waals surface area contributed by atoms with Gasteiger partial charge in [0.05, 0.1) is 11.7 Å². The van der Waals surface area contributed by atoms with Crippen LogP contribution in [0.2, 0.25) is 0 Å². The van der Waals surface area contributed by atoms with Crippen LogP contribution in [-0.4, -0.2) is 22.4 Å². The van der Waals surface area contributed by atoms with Gasteiger partial charge in [-0.2, -0.15) is 16.7 Å². The Labute approximate surface area is 150 Å². The molecule has 130 valence electrons. The normalized spacial score (nSPS) is 12.2. The molecule has 1 unspecified atom stereocenters. The zero-order valence-electron chi connectivity index (χ0n) is 13.8. The SMILES string of the molecule is NCCSCc1noc(C(Cc2ccccc2)c2cccc(F)c2)n1. The molecule has 0 bridgehead atoms. The van der Waals surface area contributed by atoms with E-state index >= 15 is 0 Å². The summed E-state index contributed by atoms with van der Waals surface area (Å²) in [4.78, 5) is 4.52. The smallest absolute Gasteiger partial charge is 0.234 e. The maximum absolute atomic E-state index is 13.7. The summed E-state index contributed by atoms with van der Waals surface area (Å²) in [5.41, 5.74) is 7.46. The number of nitrogens with two attached hydrogens (primary N) is 1. The van der Waals surface area contributed by atoms with Crippen LogP contribution in [0.1, 0.15) is 28.8 Å². The molecule has 3 rings (SSSR count). The highest BCUT2D eigenvalue weighted by atomic mass is 32.2. The van der Waals surface area contributed by atoms with Crippen LogP contribution in [0.5, 0.6) is 0 Å². The molecule has 1 heterocycles. The number of aromatic nitrogens is 2. The van der Waals surface area contributed by atoms with Gasteiger partial charge >= 0.3 is 0 Å². The summed E-state index contributed by atoms with van der Waals surface area (Å²) >= 11 is 1.66. The van der Waals surface area contributed by atoms with Gasteiger partial charge in [-0.25, -0.2) is 4.39 Å². The van der Waals surface area contributed by atoms with Gasteiger partial charge in [0.2, 0.25) is 5.89 Å². The first-order chi connectivity index (χ1) is 12.3. The summed E-state index contributed by atoms with van der Waals surface area (Å²) in [5.74, 6) is 2.21. The molecule has 3 aromatic rings. The van der Waals surface area contributed by atoms with Crippen molar-refractivity contribution in [2.75, 3.05) is 12.3 Å². The van der Waals surface area contributed by atoms with E-state index in [0.29, 0.717) is 30.4 Å². The lowest BCUT2D eigenvalue weighted by molar-refractivity contribution is 0.361. The first-order valence-electron chi connectivity index (χ1n) is 8.16. The molecule has 0 aliphatic heterocycles. The van der Waals surface area contributed by atoms with Gasteiger partial charge in [0, 0.05) is 12.3 Å². The van der Waals surface area contributed by atoms with Crippen LogP contribution in [0.4, 0.5) is 4.39 Å². The first-order valence-corrected chi connectivity index (χ1v) is 9.31. The number of rotatable bonds is 8. The molecular weight excluding hydrogens is 337 g/mol. The molecule has 0 aliphatic rings. The van der Waals surface area contributed by atoms with Crippen LogP contribution in [-0.2, 0) is 12.2 Å². The Balaban J connectivity index is 1.86. The Hall–Kier alpha value is -2.18. The average molecular weight is 357 g/mol. The fourth-order valence-corrected chi connectivity index (χ4v) is 3.25. The molecule has 2 N–H and O–H groups in total. The Morgan fingerprint density at radius 2 is 1.96 bits per heavy atom. The molecule has 0 aliphatic carbocycles. The van der Waals surface area contributed by atoms with Crippen LogP contribution in [0.15, 0.2) is 59.1 Å². The molecular formula is C19H20FN3OS. The predicted octanol–water partition coefficient (Wildman–Crippen LogP) is 3.78. The van der Waals surface area contributed by atoms with E-state index in [1.165, 1.54) is 12.1 Å². The molecule has 0 saturated carbocycles. The van der Waals surface area contributed by atoms with Crippen LogP contribution in [0, 0.1) is 5.82 Å². The van der Waals surface area contributed by atoms with Crippen molar-refractivity contribution in [1.29, 1.82) is 0 Å². The van der Waals surface area contributed by atoms with Crippen molar-refractivity contribution in [3.8, 4) is 0 Å². The second-order valence-electron chi connectivity index (χ2n) is 5.69. The largest absolute Gasteiger partial charge is 0.339 e. The summed E-state index contributed by atoms with van der Waals surface area (Å²) in [6, 6.07) is 16.6.